The van der Waals surface area contributed by atoms with Crippen molar-refractivity contribution in [3.8, 4) is 0 Å². The van der Waals surface area contributed by atoms with Gasteiger partial charge < -0.3 is 59.9 Å². The summed E-state index contributed by atoms with van der Waals surface area (Å²) in [6, 6.07) is 0. The van der Waals surface area contributed by atoms with Gasteiger partial charge in [0.25, 0.3) is 0 Å². The third-order valence-corrected chi connectivity index (χ3v) is 0. The Bertz CT molecular complexity index is 74.6. The molecule has 0 radical (unpaired) electrons. The number of aliphatic hydroxyl groups excluding tert-OH is 2. The van der Waals surface area contributed by atoms with Crippen molar-refractivity contribution in [1.82, 2.24) is 0 Å². The first kappa shape index (κ1) is 16.5. The van der Waals surface area contributed by atoms with Crippen molar-refractivity contribution in [2.45, 2.75) is 0 Å². The normalized spacial score (nSPS) is 5.33. The predicted molar refractivity (Wildman–Crippen MR) is 45.2 cm³/mol. The third kappa shape index (κ3) is 540. The van der Waals surface area contributed by atoms with Gasteiger partial charge in [-0.3, -0.25) is 0 Å². The standard InChI is InChI=1S/2CH2OS2.Pd/c2*2-1(3)4;/h2*(H2,2,3,4);/q;;+2/p-2. The van der Waals surface area contributed by atoms with E-state index in [0.29, 0.717) is 0 Å². The average Bonchev–Trinajstić information content (AvgIpc) is 1.25. The Kier molecular flexibility index (Phi) is 21.3. The Hall–Kier alpha value is 0.882. The zero-order chi connectivity index (χ0) is 7.15. The molecular weight excluding hydrogens is 291 g/mol. The van der Waals surface area contributed by atoms with Crippen LogP contribution in [-0.2, 0) is 45.7 Å². The van der Waals surface area contributed by atoms with Gasteiger partial charge in [0.2, 0.25) is 0 Å². The van der Waals surface area contributed by atoms with Crippen LogP contribution in [0.4, 0.5) is 0 Å². The molecule has 0 aromatic heterocycles. The van der Waals surface area contributed by atoms with Crippen molar-refractivity contribution in [2.24, 2.45) is 0 Å². The molecule has 7 heteroatoms. The fraction of sp³-hybridized carbons (Fsp3) is 0. The van der Waals surface area contributed by atoms with Crippen LogP contribution in [0.2, 0.25) is 0 Å². The van der Waals surface area contributed by atoms with Crippen molar-refractivity contribution >= 4 is 58.5 Å². The second-order valence-electron chi connectivity index (χ2n) is 0.532. The molecule has 0 spiro atoms. The van der Waals surface area contributed by atoms with Crippen LogP contribution in [0.25, 0.3) is 0 Å². The van der Waals surface area contributed by atoms with Gasteiger partial charge in [0.05, 0.1) is 0 Å². The van der Waals surface area contributed by atoms with Crippen LogP contribution in [-0.4, -0.2) is 19.0 Å². The first-order valence-electron chi connectivity index (χ1n) is 1.26. The smallest absolute Gasteiger partial charge is 0.528 e. The van der Waals surface area contributed by atoms with Gasteiger partial charge in [-0.25, -0.2) is 0 Å². The van der Waals surface area contributed by atoms with Crippen LogP contribution in [0.1, 0.15) is 0 Å². The van der Waals surface area contributed by atoms with Gasteiger partial charge >= 0.3 is 20.4 Å². The summed E-state index contributed by atoms with van der Waals surface area (Å²) in [7, 11) is 0. The van der Waals surface area contributed by atoms with E-state index in [-0.39, 0.29) is 20.4 Å². The van der Waals surface area contributed by atoms with Gasteiger partial charge in [-0.1, -0.05) is 0 Å². The Labute approximate surface area is 88.5 Å². The summed E-state index contributed by atoms with van der Waals surface area (Å²) in [6.07, 6.45) is 0. The summed E-state index contributed by atoms with van der Waals surface area (Å²) >= 11 is 15.6. The molecule has 9 heavy (non-hydrogen) atoms. The fourth-order valence-electron chi connectivity index (χ4n) is 0. The molecule has 0 heterocycles. The van der Waals surface area contributed by atoms with Crippen LogP contribution in [0, 0.1) is 0 Å². The van der Waals surface area contributed by atoms with Gasteiger partial charge in [-0.2, -0.15) is 0 Å². The number of hydrogen-bond acceptors (Lipinski definition) is 4. The van der Waals surface area contributed by atoms with E-state index in [9.17, 15) is 0 Å². The quantitative estimate of drug-likeness (QED) is 0.390. The topological polar surface area (TPSA) is 40.5 Å². The molecule has 0 bridgehead atoms. The molecule has 0 saturated heterocycles. The van der Waals surface area contributed by atoms with Crippen LogP contribution in [0.5, 0.6) is 0 Å². The molecule has 2 nitrogen and oxygen atoms in total. The van der Waals surface area contributed by atoms with E-state index in [1.807, 2.05) is 0 Å². The Morgan fingerprint density at radius 2 is 1.00 bits per heavy atom. The first-order valence-corrected chi connectivity index (χ1v) is 2.90. The van der Waals surface area contributed by atoms with Gasteiger partial charge in [-0.15, -0.1) is 0 Å². The number of hydrogen-bond donors (Lipinski definition) is 2. The molecule has 0 fully saturated rings. The number of rotatable bonds is 0. The monoisotopic (exact) mass is 292 g/mol. The van der Waals surface area contributed by atoms with E-state index >= 15 is 0 Å². The van der Waals surface area contributed by atoms with E-state index < -0.39 is 8.77 Å². The summed E-state index contributed by atoms with van der Waals surface area (Å²) in [5.41, 5.74) is 0. The Morgan fingerprint density at radius 3 is 1.00 bits per heavy atom. The third-order valence-electron chi connectivity index (χ3n) is 0. The minimum atomic E-state index is -0.417. The van der Waals surface area contributed by atoms with Gasteiger partial charge in [-0.05, 0) is 0 Å². The SMILES string of the molecule is OC(=S)[S-].OC(=S)[S-].[Pd+2]. The zero-order valence-corrected chi connectivity index (χ0v) is 8.66. The maximum Gasteiger partial charge on any atom is 2.00 e. The molecule has 2 N–H and O–H groups in total. The minimum absolute atomic E-state index is 0. The fourth-order valence-corrected chi connectivity index (χ4v) is 0. The number of aliphatic hydroxyl groups is 2. The summed E-state index contributed by atoms with van der Waals surface area (Å²) < 4.78 is -0.833. The molecule has 56 valence electrons. The van der Waals surface area contributed by atoms with E-state index in [2.05, 4.69) is 49.7 Å². The maximum absolute atomic E-state index is 7.60. The minimum Gasteiger partial charge on any atom is -0.528 e. The van der Waals surface area contributed by atoms with Crippen LogP contribution < -0.4 is 0 Å². The summed E-state index contributed by atoms with van der Waals surface area (Å²) in [6.45, 7) is 0. The van der Waals surface area contributed by atoms with Crippen LogP contribution in [0.15, 0.2) is 0 Å². The van der Waals surface area contributed by atoms with E-state index in [0.717, 1.165) is 0 Å². The predicted octanol–water partition coefficient (Wildman–Crippen LogP) is 0.750. The van der Waals surface area contributed by atoms with E-state index in [4.69, 9.17) is 10.2 Å². The van der Waals surface area contributed by atoms with Crippen molar-refractivity contribution in [1.29, 1.82) is 0 Å². The average molecular weight is 293 g/mol. The van der Waals surface area contributed by atoms with Crippen molar-refractivity contribution in [3.05, 3.63) is 0 Å². The number of thiocarbonyl (C=S) groups is 2. The molecule has 0 aliphatic carbocycles. The van der Waals surface area contributed by atoms with Gasteiger partial charge in [0.1, 0.15) is 0 Å². The zero-order valence-electron chi connectivity index (χ0n) is 3.84. The van der Waals surface area contributed by atoms with Crippen molar-refractivity contribution in [3.63, 3.8) is 0 Å². The molecular formula is C2H2O2PdS4. The molecule has 0 atom stereocenters. The molecule has 0 aromatic rings. The summed E-state index contributed by atoms with van der Waals surface area (Å²) in [5, 5.41) is 15.2. The second kappa shape index (κ2) is 11.7. The van der Waals surface area contributed by atoms with Gasteiger partial charge in [0.15, 0.2) is 0 Å². The van der Waals surface area contributed by atoms with Crippen molar-refractivity contribution in [2.75, 3.05) is 0 Å². The van der Waals surface area contributed by atoms with Gasteiger partial charge in [0, 0.05) is 8.77 Å². The van der Waals surface area contributed by atoms with E-state index in [1.165, 1.54) is 0 Å². The largest absolute Gasteiger partial charge is 2.00 e. The molecule has 0 unspecified atom stereocenters. The molecule has 0 aliphatic rings. The van der Waals surface area contributed by atoms with Crippen LogP contribution >= 0.6 is 24.4 Å². The second-order valence-corrected chi connectivity index (χ2v) is 2.60. The van der Waals surface area contributed by atoms with Crippen LogP contribution in [0.3, 0.4) is 0 Å². The van der Waals surface area contributed by atoms with E-state index in [1.54, 1.807) is 0 Å². The molecule has 0 aliphatic heterocycles. The first-order chi connectivity index (χ1) is 3.46. The maximum atomic E-state index is 7.60. The molecule has 0 rings (SSSR count). The molecule has 0 saturated carbocycles. The molecule has 0 aromatic carbocycles. The Morgan fingerprint density at radius 1 is 1.00 bits per heavy atom. The molecule has 0 amide bonds. The van der Waals surface area contributed by atoms with Crippen molar-refractivity contribution < 1.29 is 30.6 Å². The summed E-state index contributed by atoms with van der Waals surface area (Å²) in [5.74, 6) is 0. The summed E-state index contributed by atoms with van der Waals surface area (Å²) in [4.78, 5) is 0. The Balaban J connectivity index is -0.0000000720.